The van der Waals surface area contributed by atoms with E-state index < -0.39 is 0 Å². The predicted octanol–water partition coefficient (Wildman–Crippen LogP) is 1.80. The van der Waals surface area contributed by atoms with E-state index in [1.54, 1.807) is 0 Å². The van der Waals surface area contributed by atoms with Gasteiger partial charge in [0.1, 0.15) is 0 Å². The minimum Gasteiger partial charge on any atom is -0.373 e. The Morgan fingerprint density at radius 2 is 2.15 bits per heavy atom. The maximum atomic E-state index is 5.98. The molecule has 0 aromatic rings. The SMILES string of the molecule is CC(C)(C)C1COC2(CCNC2)C1. The number of rotatable bonds is 0. The van der Waals surface area contributed by atoms with Gasteiger partial charge in [0.15, 0.2) is 0 Å². The lowest BCUT2D eigenvalue weighted by atomic mass is 9.77. The highest BCUT2D eigenvalue weighted by molar-refractivity contribution is 4.97. The highest BCUT2D eigenvalue weighted by atomic mass is 16.5. The van der Waals surface area contributed by atoms with Gasteiger partial charge < -0.3 is 10.1 Å². The van der Waals surface area contributed by atoms with Crippen LogP contribution in [-0.2, 0) is 4.74 Å². The van der Waals surface area contributed by atoms with E-state index in [2.05, 4.69) is 26.1 Å². The lowest BCUT2D eigenvalue weighted by Gasteiger charge is -2.27. The van der Waals surface area contributed by atoms with Gasteiger partial charge in [-0.1, -0.05) is 20.8 Å². The van der Waals surface area contributed by atoms with Gasteiger partial charge in [-0.25, -0.2) is 0 Å². The van der Waals surface area contributed by atoms with E-state index in [0.29, 0.717) is 5.41 Å². The minimum absolute atomic E-state index is 0.206. The van der Waals surface area contributed by atoms with Gasteiger partial charge in [0.25, 0.3) is 0 Å². The summed E-state index contributed by atoms with van der Waals surface area (Å²) < 4.78 is 5.98. The summed E-state index contributed by atoms with van der Waals surface area (Å²) in [6, 6.07) is 0. The van der Waals surface area contributed by atoms with Crippen molar-refractivity contribution < 1.29 is 4.74 Å². The highest BCUT2D eigenvalue weighted by Crippen LogP contribution is 2.42. The molecule has 0 aliphatic carbocycles. The second-order valence-corrected chi connectivity index (χ2v) is 5.69. The minimum atomic E-state index is 0.206. The first-order valence-corrected chi connectivity index (χ1v) is 5.37. The van der Waals surface area contributed by atoms with Crippen molar-refractivity contribution in [3.8, 4) is 0 Å². The Hall–Kier alpha value is -0.0800. The molecular weight excluding hydrogens is 162 g/mol. The van der Waals surface area contributed by atoms with Gasteiger partial charge >= 0.3 is 0 Å². The fraction of sp³-hybridized carbons (Fsp3) is 1.00. The molecule has 0 bridgehead atoms. The van der Waals surface area contributed by atoms with Crippen molar-refractivity contribution in [1.82, 2.24) is 5.32 Å². The summed E-state index contributed by atoms with van der Waals surface area (Å²) in [6.45, 7) is 10.1. The zero-order valence-corrected chi connectivity index (χ0v) is 9.02. The number of nitrogens with one attached hydrogen (secondary N) is 1. The van der Waals surface area contributed by atoms with Crippen LogP contribution < -0.4 is 5.32 Å². The van der Waals surface area contributed by atoms with Crippen molar-refractivity contribution in [2.24, 2.45) is 11.3 Å². The van der Waals surface area contributed by atoms with Crippen molar-refractivity contribution in [2.45, 2.75) is 39.2 Å². The van der Waals surface area contributed by atoms with Crippen LogP contribution in [0, 0.1) is 11.3 Å². The highest BCUT2D eigenvalue weighted by Gasteiger charge is 2.45. The largest absolute Gasteiger partial charge is 0.373 e. The van der Waals surface area contributed by atoms with Crippen LogP contribution in [0.4, 0.5) is 0 Å². The average Bonchev–Trinajstić information content (AvgIpc) is 2.60. The second kappa shape index (κ2) is 2.96. The van der Waals surface area contributed by atoms with Crippen molar-refractivity contribution in [3.63, 3.8) is 0 Å². The Kier molecular flexibility index (Phi) is 2.16. The molecule has 2 heteroatoms. The molecule has 2 unspecified atom stereocenters. The van der Waals surface area contributed by atoms with E-state index in [4.69, 9.17) is 4.74 Å². The molecule has 76 valence electrons. The molecule has 2 fully saturated rings. The zero-order valence-electron chi connectivity index (χ0n) is 9.02. The Bertz CT molecular complexity index is 189. The maximum Gasteiger partial charge on any atom is 0.0822 e. The topological polar surface area (TPSA) is 21.3 Å². The molecule has 2 aliphatic heterocycles. The van der Waals surface area contributed by atoms with Gasteiger partial charge in [-0.05, 0) is 30.7 Å². The molecule has 0 saturated carbocycles. The van der Waals surface area contributed by atoms with E-state index in [0.717, 1.165) is 25.6 Å². The van der Waals surface area contributed by atoms with E-state index in [9.17, 15) is 0 Å². The molecule has 2 aliphatic rings. The zero-order chi connectivity index (χ0) is 9.53. The van der Waals surface area contributed by atoms with Gasteiger partial charge in [-0.15, -0.1) is 0 Å². The third kappa shape index (κ3) is 1.75. The molecule has 1 spiro atoms. The van der Waals surface area contributed by atoms with Gasteiger partial charge in [-0.3, -0.25) is 0 Å². The summed E-state index contributed by atoms with van der Waals surface area (Å²) in [5, 5.41) is 3.40. The predicted molar refractivity (Wildman–Crippen MR) is 53.7 cm³/mol. The number of hydrogen-bond acceptors (Lipinski definition) is 2. The van der Waals surface area contributed by atoms with Crippen LogP contribution in [-0.4, -0.2) is 25.3 Å². The van der Waals surface area contributed by atoms with Crippen LogP contribution in [0.1, 0.15) is 33.6 Å². The normalized spacial score (nSPS) is 40.4. The summed E-state index contributed by atoms with van der Waals surface area (Å²) in [7, 11) is 0. The molecule has 2 atom stereocenters. The molecule has 0 radical (unpaired) electrons. The lowest BCUT2D eigenvalue weighted by molar-refractivity contribution is 0.0185. The summed E-state index contributed by atoms with van der Waals surface area (Å²) >= 11 is 0. The van der Waals surface area contributed by atoms with Gasteiger partial charge in [-0.2, -0.15) is 0 Å². The van der Waals surface area contributed by atoms with Crippen molar-refractivity contribution in [2.75, 3.05) is 19.7 Å². The Balaban J connectivity index is 2.01. The molecular formula is C11H21NO. The smallest absolute Gasteiger partial charge is 0.0822 e. The fourth-order valence-corrected chi connectivity index (χ4v) is 2.42. The lowest BCUT2D eigenvalue weighted by Crippen LogP contribution is -2.31. The van der Waals surface area contributed by atoms with Crippen LogP contribution in [0.25, 0.3) is 0 Å². The molecule has 2 heterocycles. The average molecular weight is 183 g/mol. The van der Waals surface area contributed by atoms with E-state index >= 15 is 0 Å². The van der Waals surface area contributed by atoms with Gasteiger partial charge in [0, 0.05) is 6.54 Å². The molecule has 13 heavy (non-hydrogen) atoms. The monoisotopic (exact) mass is 183 g/mol. The number of hydrogen-bond donors (Lipinski definition) is 1. The molecule has 0 amide bonds. The third-order valence-corrected chi connectivity index (χ3v) is 3.64. The molecule has 1 N–H and O–H groups in total. The standard InChI is InChI=1S/C11H21NO/c1-10(2,3)9-6-11(13-7-9)4-5-12-8-11/h9,12H,4-8H2,1-3H3. The molecule has 0 aromatic carbocycles. The van der Waals surface area contributed by atoms with Crippen molar-refractivity contribution >= 4 is 0 Å². The first-order valence-electron chi connectivity index (χ1n) is 5.37. The van der Waals surface area contributed by atoms with Gasteiger partial charge in [0.2, 0.25) is 0 Å². The summed E-state index contributed by atoms with van der Waals surface area (Å²) in [6.07, 6.45) is 2.46. The first-order chi connectivity index (χ1) is 6.02. The van der Waals surface area contributed by atoms with Crippen molar-refractivity contribution in [3.05, 3.63) is 0 Å². The fourth-order valence-electron chi connectivity index (χ4n) is 2.42. The summed E-state index contributed by atoms with van der Waals surface area (Å²) in [5.41, 5.74) is 0.615. The van der Waals surface area contributed by atoms with Crippen LogP contribution in [0.2, 0.25) is 0 Å². The summed E-state index contributed by atoms with van der Waals surface area (Å²) in [4.78, 5) is 0. The third-order valence-electron chi connectivity index (χ3n) is 3.64. The summed E-state index contributed by atoms with van der Waals surface area (Å²) in [5.74, 6) is 0.743. The molecule has 0 aromatic heterocycles. The van der Waals surface area contributed by atoms with Crippen LogP contribution in [0.3, 0.4) is 0 Å². The van der Waals surface area contributed by atoms with E-state index in [-0.39, 0.29) is 5.60 Å². The molecule has 2 rings (SSSR count). The Morgan fingerprint density at radius 3 is 2.62 bits per heavy atom. The maximum absolute atomic E-state index is 5.98. The number of ether oxygens (including phenoxy) is 1. The van der Waals surface area contributed by atoms with Crippen molar-refractivity contribution in [1.29, 1.82) is 0 Å². The van der Waals surface area contributed by atoms with E-state index in [1.807, 2.05) is 0 Å². The van der Waals surface area contributed by atoms with E-state index in [1.165, 1.54) is 12.8 Å². The molecule has 2 saturated heterocycles. The van der Waals surface area contributed by atoms with Crippen LogP contribution >= 0.6 is 0 Å². The Morgan fingerprint density at radius 1 is 1.38 bits per heavy atom. The van der Waals surface area contributed by atoms with Gasteiger partial charge in [0.05, 0.1) is 12.2 Å². The second-order valence-electron chi connectivity index (χ2n) is 5.69. The quantitative estimate of drug-likeness (QED) is 0.618. The van der Waals surface area contributed by atoms with Crippen LogP contribution in [0.5, 0.6) is 0 Å². The Labute approximate surface area is 81.0 Å². The van der Waals surface area contributed by atoms with Crippen LogP contribution in [0.15, 0.2) is 0 Å². The first kappa shape index (κ1) is 9.47. The molecule has 2 nitrogen and oxygen atoms in total.